The van der Waals surface area contributed by atoms with Gasteiger partial charge in [-0.15, -0.1) is 11.3 Å². The number of hydrogen-bond donors (Lipinski definition) is 0. The molecule has 0 radical (unpaired) electrons. The molecular formula is C42H26N2S. The third kappa shape index (κ3) is 3.56. The van der Waals surface area contributed by atoms with Crippen LogP contribution in [-0.4, -0.2) is 9.13 Å². The second kappa shape index (κ2) is 9.43. The quantitative estimate of drug-likeness (QED) is 0.194. The van der Waals surface area contributed by atoms with Crippen molar-refractivity contribution < 1.29 is 0 Å². The molecule has 10 aromatic rings. The van der Waals surface area contributed by atoms with E-state index in [4.69, 9.17) is 0 Å². The molecule has 3 heteroatoms. The van der Waals surface area contributed by atoms with Crippen molar-refractivity contribution in [2.24, 2.45) is 0 Å². The second-order valence-electron chi connectivity index (χ2n) is 11.8. The topological polar surface area (TPSA) is 9.86 Å². The van der Waals surface area contributed by atoms with E-state index in [0.717, 1.165) is 0 Å². The summed E-state index contributed by atoms with van der Waals surface area (Å²) < 4.78 is 7.50. The van der Waals surface area contributed by atoms with Crippen LogP contribution in [0, 0.1) is 0 Å². The third-order valence-corrected chi connectivity index (χ3v) is 10.4. The van der Waals surface area contributed by atoms with Gasteiger partial charge in [0, 0.05) is 53.1 Å². The SMILES string of the molecule is c1cc(-c2cccc(-n3c4ccccc4c4c5c(ccc43)sc3ccccc35)c2)cc(-n2c3ccccc3c3ccccc32)c1. The first-order valence-electron chi connectivity index (χ1n) is 15.4. The van der Waals surface area contributed by atoms with Crippen molar-refractivity contribution in [2.45, 2.75) is 0 Å². The van der Waals surface area contributed by atoms with E-state index in [1.165, 1.54) is 86.3 Å². The van der Waals surface area contributed by atoms with Gasteiger partial charge in [-0.1, -0.05) is 97.1 Å². The monoisotopic (exact) mass is 590 g/mol. The Morgan fingerprint density at radius 1 is 0.333 bits per heavy atom. The van der Waals surface area contributed by atoms with Crippen molar-refractivity contribution in [1.82, 2.24) is 9.13 Å². The molecule has 2 nitrogen and oxygen atoms in total. The van der Waals surface area contributed by atoms with E-state index < -0.39 is 0 Å². The van der Waals surface area contributed by atoms with Crippen LogP contribution in [0.2, 0.25) is 0 Å². The molecule has 0 fully saturated rings. The van der Waals surface area contributed by atoms with Gasteiger partial charge in [-0.25, -0.2) is 0 Å². The number of rotatable bonds is 3. The smallest absolute Gasteiger partial charge is 0.0548 e. The lowest BCUT2D eigenvalue weighted by Crippen LogP contribution is -1.96. The van der Waals surface area contributed by atoms with E-state index in [1.807, 2.05) is 11.3 Å². The van der Waals surface area contributed by atoms with Crippen LogP contribution in [0.3, 0.4) is 0 Å². The summed E-state index contributed by atoms with van der Waals surface area (Å²) in [5.41, 5.74) is 9.64. The Morgan fingerprint density at radius 3 is 1.49 bits per heavy atom. The maximum atomic E-state index is 2.44. The normalized spacial score (nSPS) is 12.0. The fraction of sp³-hybridized carbons (Fsp3) is 0. The molecule has 0 aliphatic heterocycles. The molecule has 0 N–H and O–H groups in total. The Balaban J connectivity index is 1.18. The molecule has 210 valence electrons. The van der Waals surface area contributed by atoms with E-state index in [9.17, 15) is 0 Å². The van der Waals surface area contributed by atoms with Crippen LogP contribution in [-0.2, 0) is 0 Å². The van der Waals surface area contributed by atoms with E-state index in [0.29, 0.717) is 0 Å². The molecule has 0 spiro atoms. The Morgan fingerprint density at radius 2 is 0.844 bits per heavy atom. The Kier molecular flexibility index (Phi) is 5.19. The third-order valence-electron chi connectivity index (χ3n) is 9.30. The Labute approximate surface area is 263 Å². The zero-order valence-electron chi connectivity index (χ0n) is 24.3. The summed E-state index contributed by atoms with van der Waals surface area (Å²) in [6, 6.07) is 57.6. The van der Waals surface area contributed by atoms with Crippen molar-refractivity contribution >= 4 is 75.1 Å². The van der Waals surface area contributed by atoms with Crippen LogP contribution < -0.4 is 0 Å². The van der Waals surface area contributed by atoms with Crippen molar-refractivity contribution in [3.63, 3.8) is 0 Å². The minimum Gasteiger partial charge on any atom is -0.309 e. The lowest BCUT2D eigenvalue weighted by molar-refractivity contribution is 1.17. The summed E-state index contributed by atoms with van der Waals surface area (Å²) in [6.07, 6.45) is 0. The molecule has 10 rings (SSSR count). The summed E-state index contributed by atoms with van der Waals surface area (Å²) >= 11 is 1.88. The average molecular weight is 591 g/mol. The number of benzene rings is 7. The molecule has 0 bridgehead atoms. The number of hydrogen-bond acceptors (Lipinski definition) is 1. The molecule has 3 aromatic heterocycles. The highest BCUT2D eigenvalue weighted by Crippen LogP contribution is 2.43. The van der Waals surface area contributed by atoms with E-state index in [-0.39, 0.29) is 0 Å². The van der Waals surface area contributed by atoms with Gasteiger partial charge in [0.2, 0.25) is 0 Å². The molecule has 0 aliphatic carbocycles. The summed E-state index contributed by atoms with van der Waals surface area (Å²) in [6.45, 7) is 0. The minimum absolute atomic E-state index is 1.17. The first-order chi connectivity index (χ1) is 22.3. The van der Waals surface area contributed by atoms with Crippen LogP contribution in [0.25, 0.3) is 86.3 Å². The van der Waals surface area contributed by atoms with Crippen molar-refractivity contribution in [2.75, 3.05) is 0 Å². The van der Waals surface area contributed by atoms with Crippen LogP contribution >= 0.6 is 11.3 Å². The molecule has 0 unspecified atom stereocenters. The largest absolute Gasteiger partial charge is 0.309 e. The summed E-state index contributed by atoms with van der Waals surface area (Å²) in [4.78, 5) is 0. The van der Waals surface area contributed by atoms with Gasteiger partial charge in [0.15, 0.2) is 0 Å². The van der Waals surface area contributed by atoms with Gasteiger partial charge in [0.25, 0.3) is 0 Å². The van der Waals surface area contributed by atoms with Gasteiger partial charge in [0.1, 0.15) is 0 Å². The van der Waals surface area contributed by atoms with Gasteiger partial charge in [0.05, 0.1) is 22.1 Å². The highest BCUT2D eigenvalue weighted by atomic mass is 32.1. The fourth-order valence-corrected chi connectivity index (χ4v) is 8.52. The molecule has 3 heterocycles. The van der Waals surface area contributed by atoms with Crippen molar-refractivity contribution in [1.29, 1.82) is 0 Å². The highest BCUT2D eigenvalue weighted by molar-refractivity contribution is 7.26. The number of para-hydroxylation sites is 3. The molecule has 45 heavy (non-hydrogen) atoms. The van der Waals surface area contributed by atoms with Gasteiger partial charge < -0.3 is 9.13 Å². The predicted molar refractivity (Wildman–Crippen MR) is 193 cm³/mol. The van der Waals surface area contributed by atoms with Crippen LogP contribution in [0.5, 0.6) is 0 Å². The fourth-order valence-electron chi connectivity index (χ4n) is 7.40. The van der Waals surface area contributed by atoms with Crippen molar-refractivity contribution in [3.05, 3.63) is 158 Å². The van der Waals surface area contributed by atoms with Crippen LogP contribution in [0.1, 0.15) is 0 Å². The van der Waals surface area contributed by atoms with E-state index in [1.54, 1.807) is 0 Å². The molecule has 0 amide bonds. The standard InChI is InChI=1S/C42H26N2S/c1-5-19-35-31(15-1)32-16-2-6-20-36(32)43(35)29-13-9-11-27(25-29)28-12-10-14-30(26-28)44-37-21-7-3-17-33(37)41-38(44)23-24-40-42(41)34-18-4-8-22-39(34)45-40/h1-26H. The average Bonchev–Trinajstić information content (AvgIpc) is 3.76. The molecule has 0 saturated carbocycles. The van der Waals surface area contributed by atoms with Gasteiger partial charge in [-0.3, -0.25) is 0 Å². The highest BCUT2D eigenvalue weighted by Gasteiger charge is 2.18. The van der Waals surface area contributed by atoms with Gasteiger partial charge in [-0.05, 0) is 71.8 Å². The summed E-state index contributed by atoms with van der Waals surface area (Å²) in [5.74, 6) is 0. The molecule has 7 aromatic carbocycles. The van der Waals surface area contributed by atoms with Crippen LogP contribution in [0.15, 0.2) is 158 Å². The molecule has 0 saturated heterocycles. The van der Waals surface area contributed by atoms with Crippen LogP contribution in [0.4, 0.5) is 0 Å². The van der Waals surface area contributed by atoms with Gasteiger partial charge >= 0.3 is 0 Å². The number of aromatic nitrogens is 2. The maximum absolute atomic E-state index is 2.44. The molecular weight excluding hydrogens is 565 g/mol. The van der Waals surface area contributed by atoms with E-state index >= 15 is 0 Å². The zero-order valence-corrected chi connectivity index (χ0v) is 25.1. The summed E-state index contributed by atoms with van der Waals surface area (Å²) in [5, 5.41) is 7.87. The van der Waals surface area contributed by atoms with Crippen molar-refractivity contribution in [3.8, 4) is 22.5 Å². The number of fused-ring (bicyclic) bond motifs is 10. The van der Waals surface area contributed by atoms with Gasteiger partial charge in [-0.2, -0.15) is 0 Å². The number of thiophene rings is 1. The molecule has 0 aliphatic rings. The zero-order chi connectivity index (χ0) is 29.5. The first kappa shape index (κ1) is 24.8. The predicted octanol–water partition coefficient (Wildman–Crippen LogP) is 11.9. The minimum atomic E-state index is 1.17. The Hall–Kier alpha value is -5.64. The maximum Gasteiger partial charge on any atom is 0.0548 e. The number of nitrogens with zero attached hydrogens (tertiary/aromatic N) is 2. The Bertz CT molecular complexity index is 2720. The first-order valence-corrected chi connectivity index (χ1v) is 16.2. The second-order valence-corrected chi connectivity index (χ2v) is 12.8. The summed E-state index contributed by atoms with van der Waals surface area (Å²) in [7, 11) is 0. The molecule has 0 atom stereocenters. The van der Waals surface area contributed by atoms with E-state index in [2.05, 4.69) is 167 Å². The lowest BCUT2D eigenvalue weighted by Gasteiger charge is -2.12. The lowest BCUT2D eigenvalue weighted by atomic mass is 10.0.